The molecule has 1 saturated heterocycles. The van der Waals surface area contributed by atoms with Crippen molar-refractivity contribution in [1.82, 2.24) is 14.7 Å². The number of hydrogen-bond acceptors (Lipinski definition) is 3. The first-order chi connectivity index (χ1) is 11.1. The lowest BCUT2D eigenvalue weighted by atomic mass is 9.89. The molecule has 5 nitrogen and oxygen atoms in total. The Morgan fingerprint density at radius 1 is 1.30 bits per heavy atom. The third-order valence-electron chi connectivity index (χ3n) is 4.82. The minimum Gasteiger partial charge on any atom is -0.481 e. The minimum absolute atomic E-state index is 0.0513. The van der Waals surface area contributed by atoms with Crippen LogP contribution in [0.1, 0.15) is 29.7 Å². The predicted octanol–water partition coefficient (Wildman–Crippen LogP) is 2.28. The Kier molecular flexibility index (Phi) is 4.48. The van der Waals surface area contributed by atoms with Gasteiger partial charge in [-0.2, -0.15) is 5.10 Å². The predicted molar refractivity (Wildman–Crippen MR) is 88.2 cm³/mol. The van der Waals surface area contributed by atoms with Gasteiger partial charge in [0, 0.05) is 43.9 Å². The van der Waals surface area contributed by atoms with Crippen molar-refractivity contribution in [1.29, 1.82) is 0 Å². The van der Waals surface area contributed by atoms with Crippen LogP contribution in [-0.2, 0) is 24.8 Å². The van der Waals surface area contributed by atoms with Crippen LogP contribution < -0.4 is 0 Å². The van der Waals surface area contributed by atoms with Gasteiger partial charge >= 0.3 is 5.97 Å². The first-order valence-corrected chi connectivity index (χ1v) is 8.10. The molecule has 23 heavy (non-hydrogen) atoms. The van der Waals surface area contributed by atoms with Crippen LogP contribution >= 0.6 is 0 Å². The summed E-state index contributed by atoms with van der Waals surface area (Å²) in [5.41, 5.74) is 3.54. The van der Waals surface area contributed by atoms with Gasteiger partial charge in [0.1, 0.15) is 0 Å². The van der Waals surface area contributed by atoms with E-state index in [1.54, 1.807) is 0 Å². The highest BCUT2D eigenvalue weighted by molar-refractivity contribution is 5.72. The van der Waals surface area contributed by atoms with Gasteiger partial charge in [-0.1, -0.05) is 37.3 Å². The first kappa shape index (κ1) is 15.7. The quantitative estimate of drug-likeness (QED) is 0.920. The summed E-state index contributed by atoms with van der Waals surface area (Å²) in [6.07, 6.45) is 2.84. The number of carbonyl (C=O) groups is 1. The number of benzene rings is 1. The van der Waals surface area contributed by atoms with E-state index in [9.17, 15) is 9.90 Å². The Hall–Kier alpha value is -2.14. The number of aryl methyl sites for hydroxylation is 1. The van der Waals surface area contributed by atoms with Crippen LogP contribution in [0.15, 0.2) is 36.5 Å². The Morgan fingerprint density at radius 3 is 2.70 bits per heavy atom. The monoisotopic (exact) mass is 313 g/mol. The highest BCUT2D eigenvalue weighted by Gasteiger charge is 2.38. The van der Waals surface area contributed by atoms with Gasteiger partial charge in [0.05, 0.1) is 12.1 Å². The van der Waals surface area contributed by atoms with E-state index in [1.165, 1.54) is 11.3 Å². The van der Waals surface area contributed by atoms with Crippen molar-refractivity contribution in [2.24, 2.45) is 13.0 Å². The van der Waals surface area contributed by atoms with Crippen LogP contribution in [0.4, 0.5) is 0 Å². The van der Waals surface area contributed by atoms with Crippen LogP contribution in [-0.4, -0.2) is 38.8 Å². The van der Waals surface area contributed by atoms with Gasteiger partial charge in [0.25, 0.3) is 0 Å². The fourth-order valence-electron chi connectivity index (χ4n) is 3.64. The van der Waals surface area contributed by atoms with Crippen LogP contribution in [0.25, 0.3) is 0 Å². The van der Waals surface area contributed by atoms with E-state index in [0.29, 0.717) is 6.54 Å². The average Bonchev–Trinajstić information content (AvgIpc) is 3.12. The zero-order valence-corrected chi connectivity index (χ0v) is 13.6. The highest BCUT2D eigenvalue weighted by atomic mass is 16.4. The molecule has 0 amide bonds. The second kappa shape index (κ2) is 6.54. The third kappa shape index (κ3) is 3.15. The van der Waals surface area contributed by atoms with Crippen LogP contribution in [0, 0.1) is 5.92 Å². The third-order valence-corrected chi connectivity index (χ3v) is 4.82. The zero-order chi connectivity index (χ0) is 16.4. The Morgan fingerprint density at radius 2 is 2.04 bits per heavy atom. The second-order valence-corrected chi connectivity index (χ2v) is 6.25. The fraction of sp³-hybridized carbons (Fsp3) is 0.444. The van der Waals surface area contributed by atoms with Crippen LogP contribution in [0.3, 0.4) is 0 Å². The van der Waals surface area contributed by atoms with Crippen molar-refractivity contribution in [2.75, 3.05) is 13.1 Å². The van der Waals surface area contributed by atoms with E-state index < -0.39 is 5.97 Å². The molecule has 0 radical (unpaired) electrons. The Bertz CT molecular complexity index is 681. The molecule has 3 rings (SSSR count). The molecule has 1 aliphatic rings. The molecular weight excluding hydrogens is 290 g/mol. The summed E-state index contributed by atoms with van der Waals surface area (Å²) in [4.78, 5) is 13.9. The number of carboxylic acids is 1. The van der Waals surface area contributed by atoms with E-state index in [2.05, 4.69) is 16.9 Å². The van der Waals surface area contributed by atoms with E-state index in [-0.39, 0.29) is 11.8 Å². The van der Waals surface area contributed by atoms with Gasteiger partial charge in [-0.15, -0.1) is 0 Å². The largest absolute Gasteiger partial charge is 0.481 e. The van der Waals surface area contributed by atoms with E-state index in [4.69, 9.17) is 0 Å². The van der Waals surface area contributed by atoms with Crippen molar-refractivity contribution < 1.29 is 9.90 Å². The van der Waals surface area contributed by atoms with Crippen molar-refractivity contribution in [2.45, 2.75) is 25.8 Å². The number of hydrogen-bond donors (Lipinski definition) is 1. The van der Waals surface area contributed by atoms with Crippen LogP contribution in [0.5, 0.6) is 0 Å². The zero-order valence-electron chi connectivity index (χ0n) is 13.6. The summed E-state index contributed by atoms with van der Waals surface area (Å²) >= 11 is 0. The van der Waals surface area contributed by atoms with Gasteiger partial charge in [-0.3, -0.25) is 14.4 Å². The summed E-state index contributed by atoms with van der Waals surface area (Å²) in [6, 6.07) is 9.99. The normalized spacial score (nSPS) is 21.7. The summed E-state index contributed by atoms with van der Waals surface area (Å²) in [5, 5.41) is 13.9. The highest BCUT2D eigenvalue weighted by Crippen LogP contribution is 2.33. The maximum absolute atomic E-state index is 11.7. The number of nitrogens with zero attached hydrogens (tertiary/aromatic N) is 3. The second-order valence-electron chi connectivity index (χ2n) is 6.25. The fourth-order valence-corrected chi connectivity index (χ4v) is 3.64. The summed E-state index contributed by atoms with van der Waals surface area (Å²) < 4.78 is 1.91. The number of likely N-dealkylation sites (tertiary alicyclic amines) is 1. The van der Waals surface area contributed by atoms with Gasteiger partial charge < -0.3 is 5.11 Å². The van der Waals surface area contributed by atoms with Crippen molar-refractivity contribution in [3.05, 3.63) is 53.3 Å². The van der Waals surface area contributed by atoms with E-state index in [0.717, 1.165) is 25.1 Å². The molecule has 0 spiro atoms. The average molecular weight is 313 g/mol. The number of carboxylic acid groups (broad SMARTS) is 1. The molecule has 0 bridgehead atoms. The van der Waals surface area contributed by atoms with E-state index >= 15 is 0 Å². The molecular formula is C18H23N3O2. The van der Waals surface area contributed by atoms with Crippen molar-refractivity contribution in [3.8, 4) is 0 Å². The van der Waals surface area contributed by atoms with E-state index in [1.807, 2.05) is 48.3 Å². The summed E-state index contributed by atoms with van der Waals surface area (Å²) in [5.74, 6) is -1.00. The summed E-state index contributed by atoms with van der Waals surface area (Å²) in [6.45, 7) is 4.26. The summed E-state index contributed by atoms with van der Waals surface area (Å²) in [7, 11) is 1.96. The van der Waals surface area contributed by atoms with Gasteiger partial charge in [-0.05, 0) is 12.0 Å². The Labute approximate surface area is 136 Å². The smallest absolute Gasteiger partial charge is 0.308 e. The maximum atomic E-state index is 11.7. The van der Waals surface area contributed by atoms with Crippen molar-refractivity contribution in [3.63, 3.8) is 0 Å². The number of aromatic nitrogens is 2. The molecule has 1 aliphatic heterocycles. The molecule has 1 N–H and O–H groups in total. The maximum Gasteiger partial charge on any atom is 0.308 e. The molecule has 0 aliphatic carbocycles. The molecule has 2 heterocycles. The van der Waals surface area contributed by atoms with Gasteiger partial charge in [0.15, 0.2) is 0 Å². The molecule has 2 aromatic rings. The topological polar surface area (TPSA) is 58.4 Å². The molecule has 122 valence electrons. The lowest BCUT2D eigenvalue weighted by Crippen LogP contribution is -2.23. The minimum atomic E-state index is -0.705. The molecule has 1 aromatic carbocycles. The van der Waals surface area contributed by atoms with Crippen molar-refractivity contribution >= 4 is 5.97 Å². The molecule has 2 atom stereocenters. The molecule has 1 fully saturated rings. The van der Waals surface area contributed by atoms with Gasteiger partial charge in [-0.25, -0.2) is 0 Å². The molecule has 0 saturated carbocycles. The number of rotatable bonds is 5. The van der Waals surface area contributed by atoms with Gasteiger partial charge in [0.2, 0.25) is 0 Å². The molecule has 0 unspecified atom stereocenters. The number of aliphatic carboxylic acids is 1. The first-order valence-electron chi connectivity index (χ1n) is 8.10. The SMILES string of the molecule is CCc1c(CN2C[C@H](C(=O)O)[C@@H](c3ccccc3)C2)cnn1C. The van der Waals surface area contributed by atoms with Crippen LogP contribution in [0.2, 0.25) is 0 Å². The molecule has 1 aromatic heterocycles. The Balaban J connectivity index is 1.79. The lowest BCUT2D eigenvalue weighted by Gasteiger charge is -2.16. The standard InChI is InChI=1S/C18H23N3O2/c1-3-17-14(9-19-20(17)2)10-21-11-15(16(12-21)18(22)23)13-7-5-4-6-8-13/h4-9,15-16H,3,10-12H2,1-2H3,(H,22,23)/t15-,16+/m1/s1. The lowest BCUT2D eigenvalue weighted by molar-refractivity contribution is -0.141. The molecule has 5 heteroatoms.